The van der Waals surface area contributed by atoms with Crippen LogP contribution in [0.4, 0.5) is 0 Å². The van der Waals surface area contributed by atoms with E-state index in [9.17, 15) is 0 Å². The van der Waals surface area contributed by atoms with Gasteiger partial charge in [0.1, 0.15) is 17.3 Å². The van der Waals surface area contributed by atoms with Gasteiger partial charge in [0, 0.05) is 46.3 Å². The molecule has 0 amide bonds. The molecule has 3 aromatic carbocycles. The predicted molar refractivity (Wildman–Crippen MR) is 213 cm³/mol. The predicted octanol–water partition coefficient (Wildman–Crippen LogP) is 12.6. The van der Waals surface area contributed by atoms with Crippen molar-refractivity contribution in [3.05, 3.63) is 119 Å². The number of rotatable bonds is 11. The van der Waals surface area contributed by atoms with Crippen LogP contribution in [0.1, 0.15) is 114 Å². The second kappa shape index (κ2) is 14.5. The molecule has 264 valence electrons. The van der Waals surface area contributed by atoms with E-state index in [-0.39, 0.29) is 0 Å². The molecule has 0 bridgehead atoms. The maximum absolute atomic E-state index is 6.83. The molecule has 1 unspecified atom stereocenters. The van der Waals surface area contributed by atoms with Gasteiger partial charge in [0.15, 0.2) is 0 Å². The number of aromatic nitrogens is 4. The number of nitrogens with zero attached hydrogens (tertiary/aromatic N) is 4. The Morgan fingerprint density at radius 3 is 2.43 bits per heavy atom. The van der Waals surface area contributed by atoms with Crippen molar-refractivity contribution in [2.45, 2.75) is 106 Å². The Morgan fingerprint density at radius 1 is 0.863 bits per heavy atom. The lowest BCUT2D eigenvalue weighted by Crippen LogP contribution is -2.18. The maximum Gasteiger partial charge on any atom is 0.137 e. The van der Waals surface area contributed by atoms with Gasteiger partial charge < -0.3 is 4.74 Å². The van der Waals surface area contributed by atoms with Gasteiger partial charge in [-0.25, -0.2) is 9.67 Å². The molecule has 3 heterocycles. The van der Waals surface area contributed by atoms with Crippen LogP contribution in [0, 0.1) is 18.8 Å². The number of hydrogen-bond acceptors (Lipinski definition) is 3. The summed E-state index contributed by atoms with van der Waals surface area (Å²) < 4.78 is 11.4. The van der Waals surface area contributed by atoms with Crippen molar-refractivity contribution in [1.29, 1.82) is 0 Å². The maximum atomic E-state index is 6.83. The molecule has 6 aromatic rings. The Labute approximate surface area is 304 Å². The van der Waals surface area contributed by atoms with E-state index < -0.39 is 0 Å². The minimum Gasteiger partial charge on any atom is -0.457 e. The van der Waals surface area contributed by atoms with Crippen molar-refractivity contribution >= 4 is 21.8 Å². The highest BCUT2D eigenvalue weighted by Gasteiger charge is 2.31. The number of para-hydroxylation sites is 1. The monoisotopic (exact) mass is 678 g/mol. The van der Waals surface area contributed by atoms with Crippen LogP contribution in [-0.4, -0.2) is 19.3 Å². The normalized spacial score (nSPS) is 16.5. The van der Waals surface area contributed by atoms with Gasteiger partial charge in [0.25, 0.3) is 0 Å². The molecule has 0 radical (unpaired) electrons. The molecule has 0 aliphatic heterocycles. The van der Waals surface area contributed by atoms with E-state index in [4.69, 9.17) is 14.8 Å². The molecule has 5 heteroatoms. The van der Waals surface area contributed by atoms with E-state index >= 15 is 0 Å². The van der Waals surface area contributed by atoms with Crippen LogP contribution in [-0.2, 0) is 12.8 Å². The van der Waals surface area contributed by atoms with Crippen molar-refractivity contribution < 1.29 is 4.74 Å². The van der Waals surface area contributed by atoms with Gasteiger partial charge in [-0.2, -0.15) is 5.10 Å². The van der Waals surface area contributed by atoms with E-state index in [1.807, 2.05) is 6.20 Å². The molecule has 7 rings (SSSR count). The average molecular weight is 679 g/mol. The minimum absolute atomic E-state index is 0.331. The van der Waals surface area contributed by atoms with Gasteiger partial charge >= 0.3 is 0 Å². The summed E-state index contributed by atoms with van der Waals surface area (Å²) >= 11 is 0. The average Bonchev–Trinajstić information content (AvgIpc) is 3.61. The van der Waals surface area contributed by atoms with Gasteiger partial charge in [-0.05, 0) is 117 Å². The number of hydrogen-bond donors (Lipinski definition) is 0. The van der Waals surface area contributed by atoms with Crippen LogP contribution in [0.25, 0.3) is 33.3 Å². The highest BCUT2D eigenvalue weighted by Crippen LogP contribution is 2.43. The van der Waals surface area contributed by atoms with E-state index in [0.717, 1.165) is 65.4 Å². The SMILES string of the molecule is CCCc1ccnc(-n2c3ccccc3c3ccc(Oc4cc(C(C)C)cc(-n5nc(C)c([C@H]6C(C)=CCCC6C)c5CCC(C)C)c4)cc32)c1. The summed E-state index contributed by atoms with van der Waals surface area (Å²) in [5.74, 6) is 4.51. The molecule has 3 aromatic heterocycles. The summed E-state index contributed by atoms with van der Waals surface area (Å²) in [6.07, 6.45) is 11.0. The summed E-state index contributed by atoms with van der Waals surface area (Å²) in [5.41, 5.74) is 11.3. The Kier molecular flexibility index (Phi) is 9.92. The molecule has 0 fully saturated rings. The van der Waals surface area contributed by atoms with Crippen LogP contribution in [0.3, 0.4) is 0 Å². The third kappa shape index (κ3) is 6.88. The van der Waals surface area contributed by atoms with Crippen LogP contribution >= 0.6 is 0 Å². The Balaban J connectivity index is 1.34. The first-order valence-electron chi connectivity index (χ1n) is 19.2. The number of allylic oxidation sites excluding steroid dienone is 2. The lowest BCUT2D eigenvalue weighted by atomic mass is 9.75. The van der Waals surface area contributed by atoms with Crippen molar-refractivity contribution in [2.24, 2.45) is 11.8 Å². The number of benzene rings is 3. The first-order chi connectivity index (χ1) is 24.6. The Hall–Kier alpha value is -4.64. The summed E-state index contributed by atoms with van der Waals surface area (Å²) in [6, 6.07) is 26.1. The summed E-state index contributed by atoms with van der Waals surface area (Å²) in [5, 5.41) is 7.70. The van der Waals surface area contributed by atoms with Gasteiger partial charge in [-0.1, -0.05) is 77.8 Å². The zero-order chi connectivity index (χ0) is 35.8. The van der Waals surface area contributed by atoms with Crippen molar-refractivity contribution in [2.75, 3.05) is 0 Å². The molecule has 0 spiro atoms. The van der Waals surface area contributed by atoms with Gasteiger partial charge in [0.05, 0.1) is 22.4 Å². The van der Waals surface area contributed by atoms with Gasteiger partial charge in [0.2, 0.25) is 0 Å². The zero-order valence-corrected chi connectivity index (χ0v) is 31.8. The lowest BCUT2D eigenvalue weighted by Gasteiger charge is -2.30. The first-order valence-corrected chi connectivity index (χ1v) is 19.2. The van der Waals surface area contributed by atoms with Crippen molar-refractivity contribution in [3.63, 3.8) is 0 Å². The fourth-order valence-corrected chi connectivity index (χ4v) is 8.24. The molecule has 1 aliphatic rings. The fraction of sp³-hybridized carbons (Fsp3) is 0.391. The minimum atomic E-state index is 0.331. The number of ether oxygens (including phenoxy) is 1. The largest absolute Gasteiger partial charge is 0.457 e. The van der Waals surface area contributed by atoms with Gasteiger partial charge in [-0.15, -0.1) is 0 Å². The van der Waals surface area contributed by atoms with E-state index in [1.165, 1.54) is 51.6 Å². The third-order valence-electron chi connectivity index (χ3n) is 10.9. The molecule has 5 nitrogen and oxygen atoms in total. The highest BCUT2D eigenvalue weighted by molar-refractivity contribution is 6.09. The molecule has 0 saturated carbocycles. The summed E-state index contributed by atoms with van der Waals surface area (Å²) in [7, 11) is 0. The molecular weight excluding hydrogens is 625 g/mol. The van der Waals surface area contributed by atoms with Gasteiger partial charge in [-0.3, -0.25) is 4.57 Å². The Bertz CT molecular complexity index is 2210. The summed E-state index contributed by atoms with van der Waals surface area (Å²) in [4.78, 5) is 4.85. The molecule has 0 saturated heterocycles. The molecule has 51 heavy (non-hydrogen) atoms. The lowest BCUT2D eigenvalue weighted by molar-refractivity contribution is 0.445. The number of aryl methyl sites for hydroxylation is 2. The Morgan fingerprint density at radius 2 is 1.67 bits per heavy atom. The number of fused-ring (bicyclic) bond motifs is 3. The second-order valence-corrected chi connectivity index (χ2v) is 15.6. The van der Waals surface area contributed by atoms with E-state index in [2.05, 4.69) is 144 Å². The van der Waals surface area contributed by atoms with Crippen LogP contribution in [0.15, 0.2) is 90.6 Å². The smallest absolute Gasteiger partial charge is 0.137 e. The summed E-state index contributed by atoms with van der Waals surface area (Å²) in [6.45, 7) is 18.3. The van der Waals surface area contributed by atoms with E-state index in [1.54, 1.807) is 0 Å². The van der Waals surface area contributed by atoms with Crippen LogP contribution in [0.2, 0.25) is 0 Å². The van der Waals surface area contributed by atoms with Crippen molar-refractivity contribution in [1.82, 2.24) is 19.3 Å². The van der Waals surface area contributed by atoms with E-state index in [0.29, 0.717) is 23.7 Å². The standard InChI is InChI=1S/C46H54N4O/c1-9-13-34-22-23-47-44(24-34)49-41-17-11-10-16-39(41)40-20-19-37(28-43(40)49)51-38-26-35(30(4)5)25-36(27-38)50-42(21-18-29(2)3)46(33(8)48-50)45-31(6)14-12-15-32(45)7/h10-11,14,16-17,19-20,22-30,32,45H,9,12-13,15,18,21H2,1-8H3/t32?,45-/m0/s1. The highest BCUT2D eigenvalue weighted by atomic mass is 16.5. The van der Waals surface area contributed by atoms with Crippen molar-refractivity contribution in [3.8, 4) is 23.0 Å². The third-order valence-corrected chi connectivity index (χ3v) is 10.9. The van der Waals surface area contributed by atoms with Crippen LogP contribution in [0.5, 0.6) is 11.5 Å². The number of pyridine rings is 1. The zero-order valence-electron chi connectivity index (χ0n) is 31.8. The molecule has 2 atom stereocenters. The fourth-order valence-electron chi connectivity index (χ4n) is 8.24. The second-order valence-electron chi connectivity index (χ2n) is 15.6. The van der Waals surface area contributed by atoms with Crippen LogP contribution < -0.4 is 4.74 Å². The quantitative estimate of drug-likeness (QED) is 0.128. The molecule has 1 aliphatic carbocycles. The molecular formula is C46H54N4O. The molecule has 0 N–H and O–H groups in total. The first kappa shape index (κ1) is 34.8. The topological polar surface area (TPSA) is 44.9 Å².